The summed E-state index contributed by atoms with van der Waals surface area (Å²) in [5.41, 5.74) is 1.89. The third-order valence-electron chi connectivity index (χ3n) is 2.47. The fourth-order valence-electron chi connectivity index (χ4n) is 1.54. The molecule has 0 unspecified atom stereocenters. The van der Waals surface area contributed by atoms with Crippen molar-refractivity contribution in [3.63, 3.8) is 0 Å². The average molecular weight is 213 g/mol. The Bertz CT molecular complexity index is 234. The highest BCUT2D eigenvalue weighted by molar-refractivity contribution is 5.92. The Morgan fingerprint density at radius 1 is 1.13 bits per heavy atom. The summed E-state index contributed by atoms with van der Waals surface area (Å²) in [5.74, 6) is 10.2. The fourth-order valence-corrected chi connectivity index (χ4v) is 1.54. The topological polar surface area (TPSA) is 72.3 Å². The number of carbonyl (C=O) groups excluding carboxylic acids is 1. The molecule has 0 fully saturated rings. The molecule has 0 bridgehead atoms. The number of hydrazine groups is 2. The number of hydrogen-bond acceptors (Lipinski definition) is 3. The number of hydrogen-bond donors (Lipinski definition) is 2. The molecule has 1 amide bonds. The first kappa shape index (κ1) is 14.1. The summed E-state index contributed by atoms with van der Waals surface area (Å²) < 4.78 is 0. The van der Waals surface area contributed by atoms with E-state index >= 15 is 0 Å². The quantitative estimate of drug-likeness (QED) is 0.306. The van der Waals surface area contributed by atoms with Gasteiger partial charge in [0.05, 0.1) is 0 Å². The highest BCUT2D eigenvalue weighted by Gasteiger charge is 2.12. The molecule has 0 aromatic carbocycles. The van der Waals surface area contributed by atoms with E-state index < -0.39 is 0 Å². The molecular weight excluding hydrogens is 190 g/mol. The minimum absolute atomic E-state index is 0.283. The summed E-state index contributed by atoms with van der Waals surface area (Å²) in [6.07, 6.45) is 5.19. The lowest BCUT2D eigenvalue weighted by atomic mass is 9.98. The Labute approximate surface area is 92.2 Å². The molecule has 0 saturated heterocycles. The first-order chi connectivity index (χ1) is 7.04. The predicted molar refractivity (Wildman–Crippen MR) is 62.4 cm³/mol. The smallest absolute Gasteiger partial charge is 0.267 e. The fraction of sp³-hybridized carbons (Fsp3) is 0.727. The minimum Gasteiger partial charge on any atom is -0.267 e. The van der Waals surface area contributed by atoms with Crippen LogP contribution in [0.2, 0.25) is 0 Å². The summed E-state index contributed by atoms with van der Waals surface area (Å²) in [6, 6.07) is 0. The maximum Gasteiger partial charge on any atom is 0.277 e. The zero-order chi connectivity index (χ0) is 11.8. The molecule has 0 atom stereocenters. The second-order valence-corrected chi connectivity index (χ2v) is 3.79. The van der Waals surface area contributed by atoms with Crippen molar-refractivity contribution in [2.24, 2.45) is 11.7 Å². The number of amides is 1. The lowest BCUT2D eigenvalue weighted by molar-refractivity contribution is -0.127. The molecule has 4 heteroatoms. The van der Waals surface area contributed by atoms with E-state index in [2.05, 4.69) is 13.8 Å². The van der Waals surface area contributed by atoms with Crippen LogP contribution < -0.4 is 11.7 Å². The highest BCUT2D eigenvalue weighted by atomic mass is 16.2. The Hall–Kier alpha value is -0.870. The van der Waals surface area contributed by atoms with Gasteiger partial charge in [-0.3, -0.25) is 4.79 Å². The van der Waals surface area contributed by atoms with E-state index in [0.29, 0.717) is 10.7 Å². The van der Waals surface area contributed by atoms with Gasteiger partial charge in [-0.2, -0.15) is 0 Å². The van der Waals surface area contributed by atoms with Crippen LogP contribution in [0.5, 0.6) is 0 Å². The van der Waals surface area contributed by atoms with Crippen LogP contribution >= 0.6 is 0 Å². The van der Waals surface area contributed by atoms with Crippen LogP contribution in [0.1, 0.15) is 52.9 Å². The Morgan fingerprint density at radius 2 is 1.73 bits per heavy atom. The van der Waals surface area contributed by atoms with Crippen LogP contribution in [-0.4, -0.2) is 11.0 Å². The summed E-state index contributed by atoms with van der Waals surface area (Å²) in [4.78, 5) is 11.5. The van der Waals surface area contributed by atoms with Gasteiger partial charge in [0.25, 0.3) is 5.91 Å². The molecule has 0 heterocycles. The van der Waals surface area contributed by atoms with Crippen LogP contribution in [-0.2, 0) is 4.79 Å². The number of nitrogens with two attached hydrogens (primary N) is 2. The van der Waals surface area contributed by atoms with Gasteiger partial charge < -0.3 is 0 Å². The van der Waals surface area contributed by atoms with Gasteiger partial charge in [0.15, 0.2) is 0 Å². The molecular formula is C11H23N3O. The predicted octanol–water partition coefficient (Wildman–Crippen LogP) is 1.87. The number of allylic oxidation sites excluding steroid dienone is 1. The Morgan fingerprint density at radius 3 is 2.13 bits per heavy atom. The molecule has 0 aliphatic rings. The second-order valence-electron chi connectivity index (χ2n) is 3.79. The van der Waals surface area contributed by atoms with E-state index in [1.165, 1.54) is 5.57 Å². The Kier molecular flexibility index (Phi) is 6.99. The van der Waals surface area contributed by atoms with E-state index in [1.54, 1.807) is 6.92 Å². The molecule has 0 spiro atoms. The van der Waals surface area contributed by atoms with Gasteiger partial charge in [0, 0.05) is 5.57 Å². The van der Waals surface area contributed by atoms with Crippen LogP contribution in [0.25, 0.3) is 0 Å². The largest absolute Gasteiger partial charge is 0.277 e. The second kappa shape index (κ2) is 7.43. The molecule has 0 aliphatic heterocycles. The van der Waals surface area contributed by atoms with Crippen molar-refractivity contribution < 1.29 is 4.79 Å². The summed E-state index contributed by atoms with van der Waals surface area (Å²) >= 11 is 0. The monoisotopic (exact) mass is 213 g/mol. The van der Waals surface area contributed by atoms with Gasteiger partial charge in [-0.1, -0.05) is 32.3 Å². The standard InChI is InChI=1S/C11H23N3O/c1-4-6-8-10(7-5-2)9(3)11(15)14(12)13/h4-8,12-13H2,1-3H3. The third kappa shape index (κ3) is 4.95. The van der Waals surface area contributed by atoms with E-state index in [9.17, 15) is 4.79 Å². The molecule has 0 radical (unpaired) electrons. The van der Waals surface area contributed by atoms with Gasteiger partial charge in [-0.05, 0) is 26.2 Å². The minimum atomic E-state index is -0.283. The van der Waals surface area contributed by atoms with Crippen molar-refractivity contribution >= 4 is 5.91 Å². The van der Waals surface area contributed by atoms with Crippen LogP contribution in [0, 0.1) is 0 Å². The van der Waals surface area contributed by atoms with E-state index in [4.69, 9.17) is 11.7 Å². The van der Waals surface area contributed by atoms with Crippen molar-refractivity contribution in [2.45, 2.75) is 52.9 Å². The van der Waals surface area contributed by atoms with Crippen molar-refractivity contribution in [3.05, 3.63) is 11.1 Å². The molecule has 0 rings (SSSR count). The number of unbranched alkanes of at least 4 members (excludes halogenated alkanes) is 1. The van der Waals surface area contributed by atoms with Crippen LogP contribution in [0.4, 0.5) is 0 Å². The van der Waals surface area contributed by atoms with E-state index in [1.807, 2.05) is 0 Å². The van der Waals surface area contributed by atoms with E-state index in [0.717, 1.165) is 32.1 Å². The average Bonchev–Trinajstić information content (AvgIpc) is 2.22. The van der Waals surface area contributed by atoms with Gasteiger partial charge in [0.1, 0.15) is 0 Å². The maximum absolute atomic E-state index is 11.5. The maximum atomic E-state index is 11.5. The molecule has 0 aromatic rings. The SMILES string of the molecule is CCCCC(CCC)=C(C)C(=O)N(N)N. The van der Waals surface area contributed by atoms with Crippen LogP contribution in [0.15, 0.2) is 11.1 Å². The molecule has 4 nitrogen and oxygen atoms in total. The first-order valence-electron chi connectivity index (χ1n) is 5.57. The number of rotatable bonds is 6. The van der Waals surface area contributed by atoms with E-state index in [-0.39, 0.29) is 5.91 Å². The first-order valence-corrected chi connectivity index (χ1v) is 5.57. The highest BCUT2D eigenvalue weighted by Crippen LogP contribution is 2.18. The number of carbonyl (C=O) groups is 1. The normalized spacial score (nSPS) is 12.3. The van der Waals surface area contributed by atoms with Gasteiger partial charge >= 0.3 is 0 Å². The van der Waals surface area contributed by atoms with Crippen molar-refractivity contribution in [3.8, 4) is 0 Å². The van der Waals surface area contributed by atoms with Crippen molar-refractivity contribution in [1.82, 2.24) is 5.12 Å². The molecule has 4 N–H and O–H groups in total. The van der Waals surface area contributed by atoms with Gasteiger partial charge in [-0.15, -0.1) is 0 Å². The molecule has 0 saturated carbocycles. The van der Waals surface area contributed by atoms with Crippen LogP contribution in [0.3, 0.4) is 0 Å². The molecule has 15 heavy (non-hydrogen) atoms. The van der Waals surface area contributed by atoms with Gasteiger partial charge in [-0.25, -0.2) is 16.8 Å². The summed E-state index contributed by atoms with van der Waals surface area (Å²) in [6.45, 7) is 6.04. The molecule has 0 aliphatic carbocycles. The molecule has 0 aromatic heterocycles. The third-order valence-corrected chi connectivity index (χ3v) is 2.47. The zero-order valence-corrected chi connectivity index (χ0v) is 10.0. The Balaban J connectivity index is 4.65. The summed E-state index contributed by atoms with van der Waals surface area (Å²) in [5, 5.41) is 0.664. The lowest BCUT2D eigenvalue weighted by Gasteiger charge is -2.14. The number of nitrogens with zero attached hydrogens (tertiary/aromatic N) is 1. The van der Waals surface area contributed by atoms with Gasteiger partial charge in [0.2, 0.25) is 0 Å². The summed E-state index contributed by atoms with van der Waals surface area (Å²) in [7, 11) is 0. The zero-order valence-electron chi connectivity index (χ0n) is 10.0. The lowest BCUT2D eigenvalue weighted by Crippen LogP contribution is -2.44. The molecule has 88 valence electrons. The van der Waals surface area contributed by atoms with Crippen molar-refractivity contribution in [2.75, 3.05) is 0 Å². The van der Waals surface area contributed by atoms with Crippen molar-refractivity contribution in [1.29, 1.82) is 0 Å².